The lowest BCUT2D eigenvalue weighted by atomic mass is 10.2. The fourth-order valence-electron chi connectivity index (χ4n) is 3.37. The number of nitrogen functional groups attached to an aromatic ring is 1. The molecule has 0 saturated heterocycles. The van der Waals surface area contributed by atoms with Gasteiger partial charge in [-0.3, -0.25) is 14.3 Å². The molecule has 0 bridgehead atoms. The molecule has 0 unspecified atom stereocenters. The summed E-state index contributed by atoms with van der Waals surface area (Å²) in [5.41, 5.74) is 9.26. The zero-order chi connectivity index (χ0) is 24.2. The number of rotatable bonds is 7. The third-order valence-electron chi connectivity index (χ3n) is 4.98. The molecule has 3 heterocycles. The van der Waals surface area contributed by atoms with Crippen molar-refractivity contribution < 1.29 is 9.53 Å². The van der Waals surface area contributed by atoms with Gasteiger partial charge in [0.05, 0.1) is 11.9 Å². The first-order chi connectivity index (χ1) is 17.1. The molecule has 35 heavy (non-hydrogen) atoms. The Bertz CT molecular complexity index is 1510. The minimum atomic E-state index is -0.299. The van der Waals surface area contributed by atoms with Crippen LogP contribution in [0.15, 0.2) is 92.0 Å². The van der Waals surface area contributed by atoms with Crippen LogP contribution < -0.4 is 21.1 Å². The molecule has 0 spiro atoms. The number of nitrogens with one attached hydrogen (secondary N) is 2. The van der Waals surface area contributed by atoms with Gasteiger partial charge >= 0.3 is 0 Å². The Kier molecular flexibility index (Phi) is 5.75. The fourth-order valence-corrected chi connectivity index (χ4v) is 3.37. The van der Waals surface area contributed by atoms with Crippen LogP contribution in [0.2, 0.25) is 0 Å². The van der Waals surface area contributed by atoms with Crippen molar-refractivity contribution in [3.05, 3.63) is 92.0 Å². The van der Waals surface area contributed by atoms with Gasteiger partial charge in [-0.15, -0.1) is 0 Å². The Morgan fingerprint density at radius 3 is 2.66 bits per heavy atom. The Hall–Kier alpha value is -5.25. The lowest BCUT2D eigenvalue weighted by Gasteiger charge is -2.10. The van der Waals surface area contributed by atoms with Crippen molar-refractivity contribution in [3.8, 4) is 17.2 Å². The Balaban J connectivity index is 1.40. The molecular weight excluding hydrogens is 444 g/mol. The number of nitrogens with two attached hydrogens (primary N) is 1. The number of carbonyl (C=O) groups excluding carboxylic acids is 1. The Morgan fingerprint density at radius 1 is 1.03 bits per heavy atom. The summed E-state index contributed by atoms with van der Waals surface area (Å²) in [6, 6.07) is 18.2. The van der Waals surface area contributed by atoms with E-state index in [9.17, 15) is 4.79 Å². The molecule has 10 nitrogen and oxygen atoms in total. The van der Waals surface area contributed by atoms with Crippen molar-refractivity contribution in [1.82, 2.24) is 24.5 Å². The second-order valence-electron chi connectivity index (χ2n) is 7.40. The number of nitrogens with zero attached hydrogens (tertiary/aromatic N) is 5. The highest BCUT2D eigenvalue weighted by molar-refractivity contribution is 5.99. The molecule has 2 aromatic carbocycles. The number of benzene rings is 2. The maximum Gasteiger partial charge on any atom is 0.247 e. The van der Waals surface area contributed by atoms with Crippen LogP contribution in [-0.2, 0) is 4.79 Å². The molecule has 0 aliphatic carbocycles. The molecule has 0 atom stereocenters. The summed E-state index contributed by atoms with van der Waals surface area (Å²) in [6.45, 7) is 3.47. The number of ether oxygens (including phenoxy) is 1. The number of hydrogen-bond acceptors (Lipinski definition) is 8. The van der Waals surface area contributed by atoms with Crippen LogP contribution in [0.3, 0.4) is 0 Å². The SMILES string of the molecule is C=CC(=O)Nc1cccc(-n2cnc3c(N)nc(Nc4ccc(Oc5cccnc5)cc4)nc32)c1. The highest BCUT2D eigenvalue weighted by Crippen LogP contribution is 2.26. The quantitative estimate of drug-likeness (QED) is 0.301. The number of aromatic nitrogens is 5. The van der Waals surface area contributed by atoms with Gasteiger partial charge in [-0.25, -0.2) is 4.98 Å². The van der Waals surface area contributed by atoms with Crippen molar-refractivity contribution in [1.29, 1.82) is 0 Å². The van der Waals surface area contributed by atoms with Crippen LogP contribution >= 0.6 is 0 Å². The second-order valence-corrected chi connectivity index (χ2v) is 7.40. The Labute approximate surface area is 200 Å². The summed E-state index contributed by atoms with van der Waals surface area (Å²) in [5, 5.41) is 5.91. The van der Waals surface area contributed by atoms with Crippen LogP contribution in [0.4, 0.5) is 23.1 Å². The number of imidazole rings is 1. The van der Waals surface area contributed by atoms with Gasteiger partial charge in [-0.05, 0) is 60.7 Å². The second kappa shape index (κ2) is 9.32. The smallest absolute Gasteiger partial charge is 0.247 e. The van der Waals surface area contributed by atoms with Crippen molar-refractivity contribution in [2.45, 2.75) is 0 Å². The van der Waals surface area contributed by atoms with Crippen molar-refractivity contribution in [2.24, 2.45) is 0 Å². The van der Waals surface area contributed by atoms with Gasteiger partial charge in [0.25, 0.3) is 0 Å². The molecule has 0 aliphatic heterocycles. The van der Waals surface area contributed by atoms with Gasteiger partial charge in [0.15, 0.2) is 17.0 Å². The van der Waals surface area contributed by atoms with Crippen LogP contribution in [0.5, 0.6) is 11.5 Å². The van der Waals surface area contributed by atoms with Gasteiger partial charge in [0.2, 0.25) is 11.9 Å². The maximum absolute atomic E-state index is 11.7. The first kappa shape index (κ1) is 21.6. The lowest BCUT2D eigenvalue weighted by molar-refractivity contribution is -0.111. The van der Waals surface area contributed by atoms with E-state index in [2.05, 4.69) is 37.1 Å². The number of anilines is 4. The molecule has 10 heteroatoms. The topological polar surface area (TPSA) is 133 Å². The number of fused-ring (bicyclic) bond motifs is 1. The third-order valence-corrected chi connectivity index (χ3v) is 4.98. The molecular formula is C25H20N8O2. The van der Waals surface area contributed by atoms with E-state index in [-0.39, 0.29) is 11.7 Å². The van der Waals surface area contributed by atoms with Crippen LogP contribution in [0.1, 0.15) is 0 Å². The minimum absolute atomic E-state index is 0.240. The molecule has 4 N–H and O–H groups in total. The summed E-state index contributed by atoms with van der Waals surface area (Å²) in [5.74, 6) is 1.57. The van der Waals surface area contributed by atoms with Crippen molar-refractivity contribution >= 4 is 40.2 Å². The molecule has 0 radical (unpaired) electrons. The van der Waals surface area contributed by atoms with Crippen LogP contribution in [0, 0.1) is 0 Å². The third kappa shape index (κ3) is 4.76. The molecule has 0 saturated carbocycles. The molecule has 0 fully saturated rings. The number of carbonyl (C=O) groups is 1. The maximum atomic E-state index is 11.7. The fraction of sp³-hybridized carbons (Fsp3) is 0. The van der Waals surface area contributed by atoms with E-state index in [0.717, 1.165) is 11.4 Å². The molecule has 5 aromatic rings. The van der Waals surface area contributed by atoms with E-state index in [4.69, 9.17) is 10.5 Å². The highest BCUT2D eigenvalue weighted by atomic mass is 16.5. The standard InChI is InChI=1S/C25H20N8O2/c1-2-21(34)29-17-5-3-6-18(13-17)33-15-28-22-23(26)31-25(32-24(22)33)30-16-8-10-19(11-9-16)35-20-7-4-12-27-14-20/h2-15H,1H2,(H,29,34)(H3,26,30,31,32). The monoisotopic (exact) mass is 464 g/mol. The number of hydrogen-bond donors (Lipinski definition) is 3. The van der Waals surface area contributed by atoms with Gasteiger partial charge in [-0.1, -0.05) is 12.6 Å². The average Bonchev–Trinajstić information content (AvgIpc) is 3.31. The number of pyridine rings is 1. The molecule has 3 aromatic heterocycles. The minimum Gasteiger partial charge on any atom is -0.456 e. The summed E-state index contributed by atoms with van der Waals surface area (Å²) in [4.78, 5) is 29.0. The first-order valence-corrected chi connectivity index (χ1v) is 10.6. The van der Waals surface area contributed by atoms with E-state index in [1.54, 1.807) is 41.5 Å². The molecule has 172 valence electrons. The van der Waals surface area contributed by atoms with Gasteiger partial charge in [-0.2, -0.15) is 9.97 Å². The van der Waals surface area contributed by atoms with E-state index >= 15 is 0 Å². The van der Waals surface area contributed by atoms with E-state index in [1.165, 1.54) is 6.08 Å². The summed E-state index contributed by atoms with van der Waals surface area (Å²) in [7, 11) is 0. The number of amides is 1. The zero-order valence-electron chi connectivity index (χ0n) is 18.4. The summed E-state index contributed by atoms with van der Waals surface area (Å²) >= 11 is 0. The predicted octanol–water partition coefficient (Wildman–Crippen LogP) is 4.45. The average molecular weight is 464 g/mol. The van der Waals surface area contributed by atoms with Crippen LogP contribution in [-0.4, -0.2) is 30.4 Å². The van der Waals surface area contributed by atoms with Crippen molar-refractivity contribution in [3.63, 3.8) is 0 Å². The van der Waals surface area contributed by atoms with E-state index in [1.807, 2.05) is 42.5 Å². The van der Waals surface area contributed by atoms with Gasteiger partial charge in [0, 0.05) is 17.6 Å². The van der Waals surface area contributed by atoms with Gasteiger partial charge in [0.1, 0.15) is 17.8 Å². The highest BCUT2D eigenvalue weighted by Gasteiger charge is 2.13. The van der Waals surface area contributed by atoms with Gasteiger partial charge < -0.3 is 21.1 Å². The Morgan fingerprint density at radius 2 is 1.89 bits per heavy atom. The normalized spacial score (nSPS) is 10.6. The summed E-state index contributed by atoms with van der Waals surface area (Å²) in [6.07, 6.45) is 6.15. The van der Waals surface area contributed by atoms with E-state index in [0.29, 0.717) is 34.3 Å². The first-order valence-electron chi connectivity index (χ1n) is 10.6. The van der Waals surface area contributed by atoms with E-state index < -0.39 is 0 Å². The summed E-state index contributed by atoms with van der Waals surface area (Å²) < 4.78 is 7.54. The van der Waals surface area contributed by atoms with Crippen molar-refractivity contribution in [2.75, 3.05) is 16.4 Å². The molecule has 5 rings (SSSR count). The molecule has 0 aliphatic rings. The predicted molar refractivity (Wildman–Crippen MR) is 134 cm³/mol. The molecule has 1 amide bonds. The largest absolute Gasteiger partial charge is 0.456 e. The lowest BCUT2D eigenvalue weighted by Crippen LogP contribution is -2.07. The van der Waals surface area contributed by atoms with Crippen LogP contribution in [0.25, 0.3) is 16.9 Å². The zero-order valence-corrected chi connectivity index (χ0v) is 18.4.